The van der Waals surface area contributed by atoms with Crippen molar-refractivity contribution in [3.8, 4) is 0 Å². The van der Waals surface area contributed by atoms with Crippen molar-refractivity contribution in [3.05, 3.63) is 108 Å². The van der Waals surface area contributed by atoms with E-state index < -0.39 is 0 Å². The van der Waals surface area contributed by atoms with E-state index in [-0.39, 0.29) is 28.8 Å². The minimum Gasteiger partial charge on any atom is -0.463 e. The van der Waals surface area contributed by atoms with Crippen LogP contribution in [0.15, 0.2) is 96.8 Å². The number of para-hydroxylation sites is 2. The number of fused-ring (bicyclic) bond motifs is 2. The fraction of sp³-hybridized carbons (Fsp3) is 0.371. The standard InChI is InChI=1S/C35H42N2O4/c1-7-40-32(38)22-14-24-36-28-18-11-9-16-26(28)34(3,4)30(36)20-13-21-31-35(5,6)27-17-10-12-19-29(27)37(31)25-15-23-33(39)41-8-2/h9-23,30H,7-8,24-25H2,1-6H3. The third-order valence-electron chi connectivity index (χ3n) is 8.00. The second kappa shape index (κ2) is 12.6. The Morgan fingerprint density at radius 3 is 2.00 bits per heavy atom. The molecule has 0 N–H and O–H groups in total. The Morgan fingerprint density at radius 2 is 1.37 bits per heavy atom. The topological polar surface area (TPSA) is 59.1 Å². The average molecular weight is 555 g/mol. The number of nitrogens with zero attached hydrogens (tertiary/aromatic N) is 2. The molecular formula is C35H42N2O4. The van der Waals surface area contributed by atoms with Gasteiger partial charge in [-0.25, -0.2) is 9.59 Å². The Labute approximate surface area is 244 Å². The Kier molecular flexibility index (Phi) is 9.21. The molecule has 0 amide bonds. The molecule has 0 saturated heterocycles. The number of anilines is 2. The lowest BCUT2D eigenvalue weighted by Gasteiger charge is -2.32. The first kappa shape index (κ1) is 29.9. The molecule has 0 fully saturated rings. The molecule has 0 spiro atoms. The van der Waals surface area contributed by atoms with Gasteiger partial charge < -0.3 is 19.3 Å². The highest BCUT2D eigenvalue weighted by molar-refractivity contribution is 5.82. The molecule has 1 atom stereocenters. The third kappa shape index (κ3) is 6.17. The van der Waals surface area contributed by atoms with Gasteiger partial charge in [-0.2, -0.15) is 0 Å². The molecule has 0 radical (unpaired) electrons. The maximum Gasteiger partial charge on any atom is 0.330 e. The van der Waals surface area contributed by atoms with Gasteiger partial charge in [0, 0.05) is 53.1 Å². The molecule has 2 aliphatic rings. The number of rotatable bonds is 10. The third-order valence-corrected chi connectivity index (χ3v) is 8.00. The van der Waals surface area contributed by atoms with Crippen LogP contribution in [0.5, 0.6) is 0 Å². The Balaban J connectivity index is 1.65. The molecule has 2 aliphatic heterocycles. The number of carbonyl (C=O) groups excluding carboxylic acids is 2. The van der Waals surface area contributed by atoms with E-state index in [0.717, 1.165) is 11.4 Å². The van der Waals surface area contributed by atoms with Gasteiger partial charge in [0.1, 0.15) is 0 Å². The van der Waals surface area contributed by atoms with E-state index in [4.69, 9.17) is 9.47 Å². The van der Waals surface area contributed by atoms with Crippen molar-refractivity contribution >= 4 is 23.3 Å². The SMILES string of the molecule is CCOC(=O)C=CCN1C(=CC=CC2N(CC=CC(=O)OCC)c3ccccc3C2(C)C)C(C)(C)c2ccccc21. The predicted octanol–water partition coefficient (Wildman–Crippen LogP) is 6.63. The van der Waals surface area contributed by atoms with Gasteiger partial charge in [0.2, 0.25) is 0 Å². The van der Waals surface area contributed by atoms with E-state index >= 15 is 0 Å². The lowest BCUT2D eigenvalue weighted by atomic mass is 9.80. The van der Waals surface area contributed by atoms with Crippen LogP contribution in [0.1, 0.15) is 52.7 Å². The Morgan fingerprint density at radius 1 is 0.805 bits per heavy atom. The maximum atomic E-state index is 11.9. The minimum atomic E-state index is -0.329. The number of carbonyl (C=O) groups is 2. The van der Waals surface area contributed by atoms with Crippen LogP contribution >= 0.6 is 0 Å². The van der Waals surface area contributed by atoms with Crippen LogP contribution < -0.4 is 9.80 Å². The molecule has 2 aromatic rings. The number of ether oxygens (including phenoxy) is 2. The molecule has 2 heterocycles. The van der Waals surface area contributed by atoms with Crippen molar-refractivity contribution < 1.29 is 19.1 Å². The maximum absolute atomic E-state index is 11.9. The van der Waals surface area contributed by atoms with Gasteiger partial charge in [0.05, 0.1) is 19.3 Å². The summed E-state index contributed by atoms with van der Waals surface area (Å²) in [6, 6.07) is 17.0. The summed E-state index contributed by atoms with van der Waals surface area (Å²) in [6.07, 6.45) is 13.4. The van der Waals surface area contributed by atoms with Crippen LogP contribution in [0.2, 0.25) is 0 Å². The van der Waals surface area contributed by atoms with Gasteiger partial charge in [-0.1, -0.05) is 88.4 Å². The summed E-state index contributed by atoms with van der Waals surface area (Å²) < 4.78 is 10.1. The van der Waals surface area contributed by atoms with Crippen LogP contribution in [0.25, 0.3) is 0 Å². The van der Waals surface area contributed by atoms with Crippen molar-refractivity contribution in [1.82, 2.24) is 0 Å². The Hall–Kier alpha value is -4.06. The summed E-state index contributed by atoms with van der Waals surface area (Å²) in [6.45, 7) is 14.5. The first-order valence-corrected chi connectivity index (χ1v) is 14.4. The second-order valence-electron chi connectivity index (χ2n) is 11.3. The summed E-state index contributed by atoms with van der Waals surface area (Å²) >= 11 is 0. The summed E-state index contributed by atoms with van der Waals surface area (Å²) in [5.74, 6) is -0.652. The van der Waals surface area contributed by atoms with E-state index in [1.165, 1.54) is 29.0 Å². The zero-order valence-corrected chi connectivity index (χ0v) is 25.1. The van der Waals surface area contributed by atoms with Gasteiger partial charge in [-0.05, 0) is 43.2 Å². The quantitative estimate of drug-likeness (QED) is 0.243. The summed E-state index contributed by atoms with van der Waals surface area (Å²) in [5.41, 5.74) is 5.66. The average Bonchev–Trinajstić information content (AvgIpc) is 3.28. The zero-order chi connectivity index (χ0) is 29.6. The fourth-order valence-electron chi connectivity index (χ4n) is 6.01. The smallest absolute Gasteiger partial charge is 0.330 e. The van der Waals surface area contributed by atoms with Crippen LogP contribution in [-0.4, -0.2) is 44.3 Å². The molecule has 4 rings (SSSR count). The molecule has 0 bridgehead atoms. The number of hydrogen-bond acceptors (Lipinski definition) is 6. The number of hydrogen-bond donors (Lipinski definition) is 0. The van der Waals surface area contributed by atoms with E-state index in [0.29, 0.717) is 26.3 Å². The van der Waals surface area contributed by atoms with Crippen LogP contribution in [0.3, 0.4) is 0 Å². The molecule has 2 aromatic carbocycles. The van der Waals surface area contributed by atoms with E-state index in [2.05, 4.69) is 104 Å². The highest BCUT2D eigenvalue weighted by atomic mass is 16.5. The summed E-state index contributed by atoms with van der Waals surface area (Å²) in [4.78, 5) is 28.5. The van der Waals surface area contributed by atoms with E-state index in [9.17, 15) is 9.59 Å². The molecule has 0 aliphatic carbocycles. The van der Waals surface area contributed by atoms with Gasteiger partial charge in [0.15, 0.2) is 0 Å². The minimum absolute atomic E-state index is 0.0765. The monoisotopic (exact) mass is 554 g/mol. The molecule has 216 valence electrons. The lowest BCUT2D eigenvalue weighted by molar-refractivity contribution is -0.138. The highest BCUT2D eigenvalue weighted by Crippen LogP contribution is 2.48. The molecule has 1 unspecified atom stereocenters. The van der Waals surface area contributed by atoms with Gasteiger partial charge in [-0.3, -0.25) is 0 Å². The van der Waals surface area contributed by atoms with Gasteiger partial charge in [0.25, 0.3) is 0 Å². The highest BCUT2D eigenvalue weighted by Gasteiger charge is 2.43. The Bertz CT molecular complexity index is 1380. The van der Waals surface area contributed by atoms with Crippen molar-refractivity contribution in [1.29, 1.82) is 0 Å². The number of esters is 2. The molecule has 6 heteroatoms. The zero-order valence-electron chi connectivity index (χ0n) is 25.1. The summed E-state index contributed by atoms with van der Waals surface area (Å²) in [5, 5.41) is 0. The van der Waals surface area contributed by atoms with Crippen molar-refractivity contribution in [2.75, 3.05) is 36.1 Å². The normalized spacial score (nSPS) is 19.9. The predicted molar refractivity (Wildman–Crippen MR) is 166 cm³/mol. The fourth-order valence-corrected chi connectivity index (χ4v) is 6.01. The number of allylic oxidation sites excluding steroid dienone is 3. The first-order chi connectivity index (χ1) is 19.6. The second-order valence-corrected chi connectivity index (χ2v) is 11.3. The largest absolute Gasteiger partial charge is 0.463 e. The van der Waals surface area contributed by atoms with Gasteiger partial charge >= 0.3 is 11.9 Å². The molecular weight excluding hydrogens is 512 g/mol. The van der Waals surface area contributed by atoms with Crippen molar-refractivity contribution in [2.45, 2.75) is 58.4 Å². The molecule has 6 nitrogen and oxygen atoms in total. The molecule has 0 aromatic heterocycles. The van der Waals surface area contributed by atoms with Crippen LogP contribution in [0, 0.1) is 0 Å². The van der Waals surface area contributed by atoms with E-state index in [1.54, 1.807) is 6.92 Å². The summed E-state index contributed by atoms with van der Waals surface area (Å²) in [7, 11) is 0. The van der Waals surface area contributed by atoms with E-state index in [1.807, 2.05) is 19.1 Å². The molecule has 0 saturated carbocycles. The van der Waals surface area contributed by atoms with Crippen molar-refractivity contribution in [2.24, 2.45) is 0 Å². The first-order valence-electron chi connectivity index (χ1n) is 14.4. The van der Waals surface area contributed by atoms with Crippen LogP contribution in [0.4, 0.5) is 11.4 Å². The van der Waals surface area contributed by atoms with Crippen molar-refractivity contribution in [3.63, 3.8) is 0 Å². The number of benzene rings is 2. The lowest BCUT2D eigenvalue weighted by Crippen LogP contribution is -2.40. The van der Waals surface area contributed by atoms with Gasteiger partial charge in [-0.15, -0.1) is 0 Å². The molecule has 41 heavy (non-hydrogen) atoms. The van der Waals surface area contributed by atoms with Crippen LogP contribution in [-0.2, 0) is 29.9 Å².